The molecule has 4 heteroatoms. The van der Waals surface area contributed by atoms with Crippen LogP contribution in [0.15, 0.2) is 47.4 Å². The summed E-state index contributed by atoms with van der Waals surface area (Å²) >= 11 is 7.60. The van der Waals surface area contributed by atoms with E-state index < -0.39 is 0 Å². The van der Waals surface area contributed by atoms with Gasteiger partial charge in [-0.25, -0.2) is 4.39 Å². The predicted molar refractivity (Wildman–Crippen MR) is 84.9 cm³/mol. The van der Waals surface area contributed by atoms with Crippen molar-refractivity contribution in [1.29, 1.82) is 0 Å². The number of hydrogen-bond donors (Lipinski definition) is 1. The fourth-order valence-electron chi connectivity index (χ4n) is 1.84. The minimum absolute atomic E-state index is 0.223. The van der Waals surface area contributed by atoms with Gasteiger partial charge in [0, 0.05) is 16.7 Å². The van der Waals surface area contributed by atoms with Gasteiger partial charge in [-0.3, -0.25) is 0 Å². The molecule has 106 valence electrons. The second kappa shape index (κ2) is 7.11. The highest BCUT2D eigenvalue weighted by atomic mass is 35.5. The van der Waals surface area contributed by atoms with E-state index in [0.717, 1.165) is 10.5 Å². The summed E-state index contributed by atoms with van der Waals surface area (Å²) in [5.74, 6) is 0.306. The van der Waals surface area contributed by atoms with E-state index in [2.05, 4.69) is 36.5 Å². The molecule has 0 aliphatic carbocycles. The highest BCUT2D eigenvalue weighted by Gasteiger charge is 2.07. The first-order valence-corrected chi connectivity index (χ1v) is 7.81. The SMILES string of the molecule is CNC(C)c1ccc(SCc2cccc(F)c2Cl)cc1. The van der Waals surface area contributed by atoms with Crippen LogP contribution < -0.4 is 5.32 Å². The fourth-order valence-corrected chi connectivity index (χ4v) is 3.00. The third kappa shape index (κ3) is 3.75. The molecule has 1 atom stereocenters. The number of rotatable bonds is 5. The molecular formula is C16H17ClFNS. The topological polar surface area (TPSA) is 12.0 Å². The van der Waals surface area contributed by atoms with Crippen LogP contribution in [0.25, 0.3) is 0 Å². The molecule has 20 heavy (non-hydrogen) atoms. The molecule has 1 unspecified atom stereocenters. The van der Waals surface area contributed by atoms with Gasteiger partial charge in [0.15, 0.2) is 0 Å². The average Bonchev–Trinajstić information content (AvgIpc) is 2.48. The summed E-state index contributed by atoms with van der Waals surface area (Å²) in [7, 11) is 1.94. The molecule has 0 heterocycles. The summed E-state index contributed by atoms with van der Waals surface area (Å²) in [4.78, 5) is 1.15. The van der Waals surface area contributed by atoms with Gasteiger partial charge < -0.3 is 5.32 Å². The largest absolute Gasteiger partial charge is 0.313 e. The van der Waals surface area contributed by atoms with Crippen molar-refractivity contribution < 1.29 is 4.39 Å². The first-order valence-electron chi connectivity index (χ1n) is 6.44. The number of hydrogen-bond acceptors (Lipinski definition) is 2. The molecule has 1 N–H and O–H groups in total. The predicted octanol–water partition coefficient (Wildman–Crippen LogP) is 5.05. The molecule has 0 aliphatic rings. The summed E-state index contributed by atoms with van der Waals surface area (Å²) in [6.07, 6.45) is 0. The van der Waals surface area contributed by atoms with Crippen LogP contribution in [0, 0.1) is 5.82 Å². The van der Waals surface area contributed by atoms with Gasteiger partial charge in [-0.1, -0.05) is 35.9 Å². The van der Waals surface area contributed by atoms with Gasteiger partial charge in [0.05, 0.1) is 5.02 Å². The smallest absolute Gasteiger partial charge is 0.142 e. The van der Waals surface area contributed by atoms with Gasteiger partial charge in [-0.2, -0.15) is 0 Å². The van der Waals surface area contributed by atoms with Crippen molar-refractivity contribution in [2.24, 2.45) is 0 Å². The van der Waals surface area contributed by atoms with Crippen LogP contribution in [0.1, 0.15) is 24.1 Å². The summed E-state index contributed by atoms with van der Waals surface area (Å²) in [6.45, 7) is 2.12. The van der Waals surface area contributed by atoms with Crippen molar-refractivity contribution in [2.45, 2.75) is 23.6 Å². The van der Waals surface area contributed by atoms with E-state index in [4.69, 9.17) is 11.6 Å². The Morgan fingerprint density at radius 2 is 1.90 bits per heavy atom. The Bertz CT molecular complexity index is 571. The lowest BCUT2D eigenvalue weighted by atomic mass is 10.1. The summed E-state index contributed by atoms with van der Waals surface area (Å²) < 4.78 is 13.3. The second-order valence-corrected chi connectivity index (χ2v) is 6.01. The lowest BCUT2D eigenvalue weighted by Gasteiger charge is -2.11. The second-order valence-electron chi connectivity index (χ2n) is 4.58. The molecule has 0 amide bonds. The minimum atomic E-state index is -0.358. The first-order chi connectivity index (χ1) is 9.61. The Balaban J connectivity index is 2.02. The lowest BCUT2D eigenvalue weighted by molar-refractivity contribution is 0.627. The Morgan fingerprint density at radius 3 is 2.55 bits per heavy atom. The van der Waals surface area contributed by atoms with Crippen LogP contribution in [0.4, 0.5) is 4.39 Å². The van der Waals surface area contributed by atoms with Crippen LogP contribution >= 0.6 is 23.4 Å². The van der Waals surface area contributed by atoms with Crippen LogP contribution in [0.2, 0.25) is 5.02 Å². The van der Waals surface area contributed by atoms with Gasteiger partial charge in [-0.15, -0.1) is 11.8 Å². The van der Waals surface area contributed by atoms with Gasteiger partial charge in [-0.05, 0) is 43.3 Å². The molecule has 0 fully saturated rings. The van der Waals surface area contributed by atoms with E-state index in [9.17, 15) is 4.39 Å². The Kier molecular flexibility index (Phi) is 5.46. The van der Waals surface area contributed by atoms with Crippen LogP contribution in [-0.4, -0.2) is 7.05 Å². The lowest BCUT2D eigenvalue weighted by Crippen LogP contribution is -2.11. The Hall–Kier alpha value is -1.03. The third-order valence-electron chi connectivity index (χ3n) is 3.24. The van der Waals surface area contributed by atoms with Crippen molar-refractivity contribution in [3.63, 3.8) is 0 Å². The first kappa shape index (κ1) is 15.4. The summed E-state index contributed by atoms with van der Waals surface area (Å²) in [5.41, 5.74) is 2.07. The van der Waals surface area contributed by atoms with Crippen molar-refractivity contribution >= 4 is 23.4 Å². The molecule has 0 saturated heterocycles. The number of benzene rings is 2. The van der Waals surface area contributed by atoms with Gasteiger partial charge in [0.2, 0.25) is 0 Å². The monoisotopic (exact) mass is 309 g/mol. The van der Waals surface area contributed by atoms with E-state index in [1.165, 1.54) is 11.6 Å². The van der Waals surface area contributed by atoms with Crippen molar-refractivity contribution in [3.05, 3.63) is 64.4 Å². The van der Waals surface area contributed by atoms with E-state index in [1.807, 2.05) is 13.1 Å². The van der Waals surface area contributed by atoms with E-state index in [-0.39, 0.29) is 10.8 Å². The fraction of sp³-hybridized carbons (Fsp3) is 0.250. The minimum Gasteiger partial charge on any atom is -0.313 e. The molecule has 2 rings (SSSR count). The maximum absolute atomic E-state index is 13.3. The Labute approximate surface area is 128 Å². The van der Waals surface area contributed by atoms with E-state index in [1.54, 1.807) is 17.8 Å². The zero-order valence-electron chi connectivity index (χ0n) is 11.5. The Morgan fingerprint density at radius 1 is 1.20 bits per heavy atom. The molecule has 0 radical (unpaired) electrons. The highest BCUT2D eigenvalue weighted by Crippen LogP contribution is 2.28. The average molecular weight is 310 g/mol. The van der Waals surface area contributed by atoms with Crippen molar-refractivity contribution in [2.75, 3.05) is 7.05 Å². The molecule has 0 bridgehead atoms. The maximum Gasteiger partial charge on any atom is 0.142 e. The molecule has 0 aromatic heterocycles. The van der Waals surface area contributed by atoms with Gasteiger partial charge in [0.25, 0.3) is 0 Å². The van der Waals surface area contributed by atoms with Gasteiger partial charge >= 0.3 is 0 Å². The van der Waals surface area contributed by atoms with Crippen LogP contribution in [0.5, 0.6) is 0 Å². The van der Waals surface area contributed by atoms with Crippen LogP contribution in [-0.2, 0) is 5.75 Å². The number of thioether (sulfide) groups is 1. The zero-order chi connectivity index (χ0) is 14.5. The highest BCUT2D eigenvalue weighted by molar-refractivity contribution is 7.98. The number of nitrogens with one attached hydrogen (secondary N) is 1. The molecule has 1 nitrogen and oxygen atoms in total. The standard InChI is InChI=1S/C16H17ClFNS/c1-11(19-2)12-6-8-14(9-7-12)20-10-13-4-3-5-15(18)16(13)17/h3-9,11,19H,10H2,1-2H3. The van der Waals surface area contributed by atoms with Crippen molar-refractivity contribution in [3.8, 4) is 0 Å². The van der Waals surface area contributed by atoms with Crippen molar-refractivity contribution in [1.82, 2.24) is 5.32 Å². The maximum atomic E-state index is 13.3. The quantitative estimate of drug-likeness (QED) is 0.775. The molecule has 0 aliphatic heterocycles. The molecule has 2 aromatic rings. The molecule has 0 spiro atoms. The number of halogens is 2. The molecule has 2 aromatic carbocycles. The van der Waals surface area contributed by atoms with Gasteiger partial charge in [0.1, 0.15) is 5.82 Å². The normalized spacial score (nSPS) is 12.4. The third-order valence-corrected chi connectivity index (χ3v) is 4.72. The van der Waals surface area contributed by atoms with Crippen LogP contribution in [0.3, 0.4) is 0 Å². The summed E-state index contributed by atoms with van der Waals surface area (Å²) in [5, 5.41) is 3.43. The van der Waals surface area contributed by atoms with E-state index in [0.29, 0.717) is 11.8 Å². The molecular weight excluding hydrogens is 293 g/mol. The van der Waals surface area contributed by atoms with E-state index >= 15 is 0 Å². The summed E-state index contributed by atoms with van der Waals surface area (Å²) in [6, 6.07) is 13.6. The molecule has 0 saturated carbocycles. The zero-order valence-corrected chi connectivity index (χ0v) is 13.1.